The molecule has 0 bridgehead atoms. The van der Waals surface area contributed by atoms with Crippen molar-refractivity contribution in [3.63, 3.8) is 0 Å². The molecular formula is C13H10FNO2. The first kappa shape index (κ1) is 11.3. The number of aldehydes is 1. The summed E-state index contributed by atoms with van der Waals surface area (Å²) in [5, 5.41) is 0. The van der Waals surface area contributed by atoms with Gasteiger partial charge in [0.1, 0.15) is 12.0 Å². The molecule has 2 rings (SSSR count). The molecule has 2 aromatic rings. The van der Waals surface area contributed by atoms with E-state index in [-0.39, 0.29) is 0 Å². The average molecular weight is 231 g/mol. The number of ether oxygens (including phenoxy) is 1. The van der Waals surface area contributed by atoms with Crippen LogP contribution in [0.2, 0.25) is 0 Å². The molecule has 0 unspecified atom stereocenters. The summed E-state index contributed by atoms with van der Waals surface area (Å²) < 4.78 is 17.9. The summed E-state index contributed by atoms with van der Waals surface area (Å²) >= 11 is 0. The van der Waals surface area contributed by atoms with Crippen LogP contribution in [0.1, 0.15) is 10.4 Å². The summed E-state index contributed by atoms with van der Waals surface area (Å²) in [6.45, 7) is 0. The number of pyridine rings is 1. The monoisotopic (exact) mass is 231 g/mol. The zero-order valence-corrected chi connectivity index (χ0v) is 9.18. The van der Waals surface area contributed by atoms with Crippen molar-refractivity contribution in [2.45, 2.75) is 0 Å². The molecule has 1 aromatic carbocycles. The molecule has 0 aliphatic heterocycles. The van der Waals surface area contributed by atoms with Crippen molar-refractivity contribution in [1.29, 1.82) is 0 Å². The molecule has 0 saturated carbocycles. The lowest BCUT2D eigenvalue weighted by Gasteiger charge is -2.08. The SMILES string of the molecule is COc1cc(C=O)ccc1-c1ccc(F)nc1. The summed E-state index contributed by atoms with van der Waals surface area (Å²) in [6, 6.07) is 7.95. The summed E-state index contributed by atoms with van der Waals surface area (Å²) in [5.41, 5.74) is 2.03. The molecule has 0 atom stereocenters. The Morgan fingerprint density at radius 3 is 2.71 bits per heavy atom. The number of halogens is 1. The molecule has 0 saturated heterocycles. The Bertz CT molecular complexity index is 538. The lowest BCUT2D eigenvalue weighted by molar-refractivity contribution is 0.112. The number of rotatable bonds is 3. The molecule has 4 heteroatoms. The van der Waals surface area contributed by atoms with Crippen molar-refractivity contribution in [3.05, 3.63) is 48.0 Å². The minimum Gasteiger partial charge on any atom is -0.496 e. The van der Waals surface area contributed by atoms with Gasteiger partial charge < -0.3 is 4.74 Å². The highest BCUT2D eigenvalue weighted by Crippen LogP contribution is 2.29. The Morgan fingerprint density at radius 2 is 2.12 bits per heavy atom. The maximum atomic E-state index is 12.7. The van der Waals surface area contributed by atoms with E-state index in [1.165, 1.54) is 19.4 Å². The third-order valence-electron chi connectivity index (χ3n) is 2.40. The Kier molecular flexibility index (Phi) is 3.14. The Labute approximate surface area is 97.9 Å². The molecule has 0 aliphatic carbocycles. The summed E-state index contributed by atoms with van der Waals surface area (Å²) in [4.78, 5) is 14.2. The molecule has 86 valence electrons. The zero-order valence-electron chi connectivity index (χ0n) is 9.18. The van der Waals surface area contributed by atoms with Crippen molar-refractivity contribution in [2.75, 3.05) is 7.11 Å². The highest BCUT2D eigenvalue weighted by atomic mass is 19.1. The minimum absolute atomic E-state index is 0.528. The smallest absolute Gasteiger partial charge is 0.212 e. The van der Waals surface area contributed by atoms with Crippen LogP contribution in [0.15, 0.2) is 36.5 Å². The van der Waals surface area contributed by atoms with Crippen molar-refractivity contribution in [1.82, 2.24) is 4.98 Å². The maximum absolute atomic E-state index is 12.7. The van der Waals surface area contributed by atoms with Gasteiger partial charge in [-0.05, 0) is 24.3 Å². The van der Waals surface area contributed by atoms with Crippen LogP contribution in [-0.2, 0) is 0 Å². The molecule has 3 nitrogen and oxygen atoms in total. The van der Waals surface area contributed by atoms with Crippen LogP contribution in [-0.4, -0.2) is 18.4 Å². The zero-order chi connectivity index (χ0) is 12.3. The van der Waals surface area contributed by atoms with E-state index in [2.05, 4.69) is 4.98 Å². The maximum Gasteiger partial charge on any atom is 0.212 e. The number of hydrogen-bond acceptors (Lipinski definition) is 3. The second-order valence-corrected chi connectivity index (χ2v) is 3.45. The van der Waals surface area contributed by atoms with E-state index in [1.54, 1.807) is 24.3 Å². The predicted molar refractivity (Wildman–Crippen MR) is 61.6 cm³/mol. The molecule has 1 heterocycles. The molecule has 0 radical (unpaired) electrons. The van der Waals surface area contributed by atoms with Gasteiger partial charge in [0, 0.05) is 22.9 Å². The van der Waals surface area contributed by atoms with Gasteiger partial charge in [0.05, 0.1) is 7.11 Å². The number of methoxy groups -OCH3 is 1. The highest BCUT2D eigenvalue weighted by Gasteiger charge is 2.07. The first-order valence-electron chi connectivity index (χ1n) is 4.99. The fraction of sp³-hybridized carbons (Fsp3) is 0.0769. The second-order valence-electron chi connectivity index (χ2n) is 3.45. The van der Waals surface area contributed by atoms with Crippen LogP contribution < -0.4 is 4.74 Å². The van der Waals surface area contributed by atoms with Gasteiger partial charge in [-0.1, -0.05) is 6.07 Å². The van der Waals surface area contributed by atoms with Crippen LogP contribution in [0.25, 0.3) is 11.1 Å². The standard InChI is InChI=1S/C13H10FNO2/c1-17-12-6-9(8-16)2-4-11(12)10-3-5-13(14)15-7-10/h2-8H,1H3. The number of aromatic nitrogens is 1. The first-order valence-corrected chi connectivity index (χ1v) is 4.99. The van der Waals surface area contributed by atoms with Crippen LogP contribution in [0.3, 0.4) is 0 Å². The Balaban J connectivity index is 2.51. The lowest BCUT2D eigenvalue weighted by Crippen LogP contribution is -1.91. The minimum atomic E-state index is -0.530. The fourth-order valence-corrected chi connectivity index (χ4v) is 1.55. The molecule has 0 spiro atoms. The summed E-state index contributed by atoms with van der Waals surface area (Å²) in [6.07, 6.45) is 2.17. The molecule has 1 aromatic heterocycles. The van der Waals surface area contributed by atoms with Crippen LogP contribution in [0.4, 0.5) is 4.39 Å². The van der Waals surface area contributed by atoms with Gasteiger partial charge in [0.25, 0.3) is 0 Å². The van der Waals surface area contributed by atoms with Gasteiger partial charge in [-0.25, -0.2) is 4.98 Å². The predicted octanol–water partition coefficient (Wildman–Crippen LogP) is 2.71. The molecule has 0 aliphatic rings. The van der Waals surface area contributed by atoms with E-state index in [4.69, 9.17) is 4.74 Å². The van der Waals surface area contributed by atoms with E-state index in [9.17, 15) is 9.18 Å². The van der Waals surface area contributed by atoms with E-state index in [1.807, 2.05) is 0 Å². The summed E-state index contributed by atoms with van der Waals surface area (Å²) in [7, 11) is 1.52. The molecule has 17 heavy (non-hydrogen) atoms. The van der Waals surface area contributed by atoms with Crippen LogP contribution in [0, 0.1) is 5.95 Å². The molecule has 0 fully saturated rings. The third kappa shape index (κ3) is 2.30. The van der Waals surface area contributed by atoms with Crippen molar-refractivity contribution in [3.8, 4) is 16.9 Å². The van der Waals surface area contributed by atoms with E-state index in [0.29, 0.717) is 11.3 Å². The van der Waals surface area contributed by atoms with Crippen molar-refractivity contribution >= 4 is 6.29 Å². The number of nitrogens with zero attached hydrogens (tertiary/aromatic N) is 1. The quantitative estimate of drug-likeness (QED) is 0.602. The van der Waals surface area contributed by atoms with Gasteiger partial charge in [-0.15, -0.1) is 0 Å². The van der Waals surface area contributed by atoms with Gasteiger partial charge in [-0.2, -0.15) is 4.39 Å². The van der Waals surface area contributed by atoms with Gasteiger partial charge in [0.2, 0.25) is 5.95 Å². The van der Waals surface area contributed by atoms with E-state index >= 15 is 0 Å². The first-order chi connectivity index (χ1) is 8.24. The number of benzene rings is 1. The van der Waals surface area contributed by atoms with Crippen molar-refractivity contribution in [2.24, 2.45) is 0 Å². The average Bonchev–Trinajstić information content (AvgIpc) is 2.39. The largest absolute Gasteiger partial charge is 0.496 e. The number of carbonyl (C=O) groups excluding carboxylic acids is 1. The molecule has 0 N–H and O–H groups in total. The Hall–Kier alpha value is -2.23. The van der Waals surface area contributed by atoms with Gasteiger partial charge in [0.15, 0.2) is 0 Å². The van der Waals surface area contributed by atoms with Gasteiger partial charge in [-0.3, -0.25) is 4.79 Å². The van der Waals surface area contributed by atoms with Crippen LogP contribution in [0.5, 0.6) is 5.75 Å². The number of hydrogen-bond donors (Lipinski definition) is 0. The van der Waals surface area contributed by atoms with Gasteiger partial charge >= 0.3 is 0 Å². The van der Waals surface area contributed by atoms with E-state index < -0.39 is 5.95 Å². The molecular weight excluding hydrogens is 221 g/mol. The topological polar surface area (TPSA) is 39.2 Å². The Morgan fingerprint density at radius 1 is 1.29 bits per heavy atom. The normalized spacial score (nSPS) is 10.0. The summed E-state index contributed by atoms with van der Waals surface area (Å²) in [5.74, 6) is 0.0280. The lowest BCUT2D eigenvalue weighted by atomic mass is 10.0. The van der Waals surface area contributed by atoms with Crippen LogP contribution >= 0.6 is 0 Å². The highest BCUT2D eigenvalue weighted by molar-refractivity contribution is 5.80. The molecule has 0 amide bonds. The second kappa shape index (κ2) is 4.74. The fourth-order valence-electron chi connectivity index (χ4n) is 1.55. The number of carbonyl (C=O) groups is 1. The van der Waals surface area contributed by atoms with Crippen molar-refractivity contribution < 1.29 is 13.9 Å². The van der Waals surface area contributed by atoms with E-state index in [0.717, 1.165) is 17.4 Å². The third-order valence-corrected chi connectivity index (χ3v) is 2.40.